The maximum atomic E-state index is 13.9. The van der Waals surface area contributed by atoms with E-state index in [1.54, 1.807) is 0 Å². The monoisotopic (exact) mass is 455 g/mol. The highest BCUT2D eigenvalue weighted by molar-refractivity contribution is 7.92. The van der Waals surface area contributed by atoms with Crippen molar-refractivity contribution in [1.82, 2.24) is 15.3 Å². The van der Waals surface area contributed by atoms with Gasteiger partial charge in [0.1, 0.15) is 11.6 Å². The van der Waals surface area contributed by atoms with E-state index in [4.69, 9.17) is 11.6 Å². The molecule has 3 aromatic rings. The van der Waals surface area contributed by atoms with Gasteiger partial charge in [-0.2, -0.15) is 0 Å². The Morgan fingerprint density at radius 3 is 2.37 bits per heavy atom. The van der Waals surface area contributed by atoms with Gasteiger partial charge < -0.3 is 10.3 Å². The second-order valence-corrected chi connectivity index (χ2v) is 9.68. The van der Waals surface area contributed by atoms with E-state index in [2.05, 4.69) is 15.3 Å². The molecule has 2 N–H and O–H groups in total. The zero-order chi connectivity index (χ0) is 21.5. The third kappa shape index (κ3) is 3.84. The normalized spacial score (nSPS) is 17.9. The van der Waals surface area contributed by atoms with Crippen molar-refractivity contribution in [3.8, 4) is 0 Å². The molecule has 1 aliphatic heterocycles. The van der Waals surface area contributed by atoms with Crippen molar-refractivity contribution in [1.29, 1.82) is 0 Å². The Hall–Kier alpha value is -2.36. The number of H-pyrrole nitrogens is 1. The lowest BCUT2D eigenvalue weighted by Gasteiger charge is -2.17. The molecule has 2 atom stereocenters. The van der Waals surface area contributed by atoms with Gasteiger partial charge in [0.25, 0.3) is 0 Å². The largest absolute Gasteiger partial charge is 0.332 e. The zero-order valence-corrected chi connectivity index (χ0v) is 17.1. The molecular weight excluding hydrogens is 439 g/mol. The van der Waals surface area contributed by atoms with Crippen molar-refractivity contribution < 1.29 is 21.6 Å². The first-order chi connectivity index (χ1) is 14.3. The van der Waals surface area contributed by atoms with Crippen molar-refractivity contribution in [3.63, 3.8) is 0 Å². The van der Waals surface area contributed by atoms with Crippen LogP contribution in [0.25, 0.3) is 0 Å². The minimum absolute atomic E-state index is 0.0630. The number of nitrogens with one attached hydrogen (secondary N) is 2. The summed E-state index contributed by atoms with van der Waals surface area (Å²) in [5, 5.41) is 2.22. The fourth-order valence-corrected chi connectivity index (χ4v) is 5.33. The molecule has 0 spiro atoms. The number of aromatic nitrogens is 2. The number of halogens is 4. The molecule has 5 nitrogen and oxygen atoms in total. The fraction of sp³-hybridized carbons (Fsp3) is 0.250. The number of sulfone groups is 1. The number of rotatable bonds is 5. The summed E-state index contributed by atoms with van der Waals surface area (Å²) >= 11 is 5.91. The van der Waals surface area contributed by atoms with Crippen molar-refractivity contribution >= 4 is 21.4 Å². The summed E-state index contributed by atoms with van der Waals surface area (Å²) in [7, 11) is -3.65. The van der Waals surface area contributed by atoms with Crippen LogP contribution in [0.2, 0.25) is 5.02 Å². The minimum Gasteiger partial charge on any atom is -0.332 e. The second-order valence-electron chi connectivity index (χ2n) is 7.07. The SMILES string of the molecule is O=S(=O)(c1cnc(C(c2ccc(F)c(F)c2)c2ccc(F)c(Cl)c2)[nH]1)C1CCNC1. The summed E-state index contributed by atoms with van der Waals surface area (Å²) in [5.74, 6) is -3.36. The Morgan fingerprint density at radius 1 is 1.03 bits per heavy atom. The van der Waals surface area contributed by atoms with E-state index in [-0.39, 0.29) is 15.9 Å². The fourth-order valence-electron chi connectivity index (χ4n) is 3.57. The van der Waals surface area contributed by atoms with Gasteiger partial charge >= 0.3 is 0 Å². The molecule has 2 heterocycles. The Labute approximate surface area is 176 Å². The molecule has 0 radical (unpaired) electrons. The molecule has 1 fully saturated rings. The number of hydrogen-bond donors (Lipinski definition) is 2. The van der Waals surface area contributed by atoms with Gasteiger partial charge in [-0.3, -0.25) is 0 Å². The summed E-state index contributed by atoms with van der Waals surface area (Å²) in [6.45, 7) is 0.952. The number of nitrogens with zero attached hydrogens (tertiary/aromatic N) is 1. The predicted octanol–water partition coefficient (Wildman–Crippen LogP) is 3.80. The van der Waals surface area contributed by atoms with Gasteiger partial charge in [-0.05, 0) is 48.4 Å². The minimum atomic E-state index is -3.65. The van der Waals surface area contributed by atoms with Crippen LogP contribution in [0.15, 0.2) is 47.6 Å². The van der Waals surface area contributed by atoms with Crippen LogP contribution >= 0.6 is 11.6 Å². The van der Waals surface area contributed by atoms with Crippen LogP contribution in [0.5, 0.6) is 0 Å². The topological polar surface area (TPSA) is 74.8 Å². The molecule has 10 heteroatoms. The van der Waals surface area contributed by atoms with E-state index in [0.717, 1.165) is 18.2 Å². The quantitative estimate of drug-likeness (QED) is 0.613. The first kappa shape index (κ1) is 20.9. The first-order valence-electron chi connectivity index (χ1n) is 9.17. The number of aromatic amines is 1. The standard InChI is InChI=1S/C20H17ClF3N3O2S/c21-14-7-11(1-3-15(14)22)19(12-2-4-16(23)17(24)8-12)20-26-10-18(27-20)30(28,29)13-5-6-25-9-13/h1-4,7-8,10,13,19,25H,5-6,9H2,(H,26,27). The Balaban J connectivity index is 1.81. The van der Waals surface area contributed by atoms with E-state index >= 15 is 0 Å². The van der Waals surface area contributed by atoms with Gasteiger partial charge in [0, 0.05) is 6.54 Å². The highest BCUT2D eigenvalue weighted by atomic mass is 35.5. The summed E-state index contributed by atoms with van der Waals surface area (Å²) in [6.07, 6.45) is 1.69. The van der Waals surface area contributed by atoms with Crippen molar-refractivity contribution in [2.75, 3.05) is 13.1 Å². The Bertz CT molecular complexity index is 1140. The average molecular weight is 456 g/mol. The van der Waals surface area contributed by atoms with E-state index in [1.165, 1.54) is 24.4 Å². The van der Waals surface area contributed by atoms with Gasteiger partial charge in [0.05, 0.1) is 22.4 Å². The highest BCUT2D eigenvalue weighted by Gasteiger charge is 2.33. The molecule has 2 unspecified atom stereocenters. The van der Waals surface area contributed by atoms with E-state index < -0.39 is 38.5 Å². The molecule has 0 aliphatic carbocycles. The molecule has 2 aromatic carbocycles. The molecule has 4 rings (SSSR count). The molecule has 0 amide bonds. The van der Waals surface area contributed by atoms with Crippen LogP contribution in [0, 0.1) is 17.5 Å². The van der Waals surface area contributed by atoms with Gasteiger partial charge in [0.15, 0.2) is 26.5 Å². The van der Waals surface area contributed by atoms with E-state index in [0.29, 0.717) is 30.6 Å². The zero-order valence-electron chi connectivity index (χ0n) is 15.5. The third-order valence-electron chi connectivity index (χ3n) is 5.16. The Kier molecular flexibility index (Phi) is 5.61. The average Bonchev–Trinajstić information content (AvgIpc) is 3.40. The summed E-state index contributed by atoms with van der Waals surface area (Å²) in [6, 6.07) is 7.25. The molecule has 1 aliphatic rings. The lowest BCUT2D eigenvalue weighted by atomic mass is 9.90. The van der Waals surface area contributed by atoms with Gasteiger partial charge in [-0.1, -0.05) is 23.7 Å². The molecule has 0 saturated carbocycles. The van der Waals surface area contributed by atoms with Crippen LogP contribution in [-0.2, 0) is 9.84 Å². The van der Waals surface area contributed by atoms with Crippen molar-refractivity contribution in [2.24, 2.45) is 0 Å². The second kappa shape index (κ2) is 8.05. The van der Waals surface area contributed by atoms with Crippen LogP contribution in [0.1, 0.15) is 29.3 Å². The Morgan fingerprint density at radius 2 is 1.73 bits per heavy atom. The molecule has 1 aromatic heterocycles. The summed E-state index contributed by atoms with van der Waals surface area (Å²) < 4.78 is 66.7. The molecular formula is C20H17ClF3N3O2S. The summed E-state index contributed by atoms with van der Waals surface area (Å²) in [5.41, 5.74) is 0.741. The lowest BCUT2D eigenvalue weighted by molar-refractivity contribution is 0.506. The molecule has 0 bridgehead atoms. The number of benzene rings is 2. The van der Waals surface area contributed by atoms with Gasteiger partial charge in [-0.15, -0.1) is 0 Å². The smallest absolute Gasteiger partial charge is 0.199 e. The van der Waals surface area contributed by atoms with Gasteiger partial charge in [0.2, 0.25) is 0 Å². The van der Waals surface area contributed by atoms with Gasteiger partial charge in [-0.25, -0.2) is 26.6 Å². The molecule has 158 valence electrons. The summed E-state index contributed by atoms with van der Waals surface area (Å²) in [4.78, 5) is 7.02. The van der Waals surface area contributed by atoms with E-state index in [1.807, 2.05) is 0 Å². The maximum Gasteiger partial charge on any atom is 0.199 e. The third-order valence-corrected chi connectivity index (χ3v) is 7.55. The van der Waals surface area contributed by atoms with Crippen LogP contribution in [0.3, 0.4) is 0 Å². The molecule has 1 saturated heterocycles. The predicted molar refractivity (Wildman–Crippen MR) is 106 cm³/mol. The highest BCUT2D eigenvalue weighted by Crippen LogP contribution is 2.34. The van der Waals surface area contributed by atoms with Crippen molar-refractivity contribution in [3.05, 3.63) is 82.0 Å². The van der Waals surface area contributed by atoms with Crippen LogP contribution in [0.4, 0.5) is 13.2 Å². The van der Waals surface area contributed by atoms with E-state index in [9.17, 15) is 21.6 Å². The lowest BCUT2D eigenvalue weighted by Crippen LogP contribution is -2.24. The number of hydrogen-bond acceptors (Lipinski definition) is 4. The van der Waals surface area contributed by atoms with Crippen LogP contribution < -0.4 is 5.32 Å². The maximum absolute atomic E-state index is 13.9. The van der Waals surface area contributed by atoms with Crippen LogP contribution in [-0.4, -0.2) is 36.7 Å². The molecule has 30 heavy (non-hydrogen) atoms. The first-order valence-corrected chi connectivity index (χ1v) is 11.1. The van der Waals surface area contributed by atoms with Crippen molar-refractivity contribution in [2.45, 2.75) is 22.6 Å². The number of imidazole rings is 1.